The summed E-state index contributed by atoms with van der Waals surface area (Å²) in [7, 11) is 0. The second-order valence-corrected chi connectivity index (χ2v) is 15.9. The molecule has 9 aromatic rings. The lowest BCUT2D eigenvalue weighted by Crippen LogP contribution is -2.28. The van der Waals surface area contributed by atoms with Crippen molar-refractivity contribution in [3.63, 3.8) is 0 Å². The van der Waals surface area contributed by atoms with E-state index in [0.29, 0.717) is 52.0 Å². The van der Waals surface area contributed by atoms with Crippen molar-refractivity contribution < 1.29 is 0 Å². The van der Waals surface area contributed by atoms with Crippen LogP contribution in [0.1, 0.15) is 55.3 Å². The van der Waals surface area contributed by atoms with Crippen LogP contribution in [0.5, 0.6) is 0 Å². The SMILES string of the molecule is CCC(C)=CC=CC=C(C)c1nc(-c2ccc3c(c2)C(c2ccccc2)(c2ccccc2)c2cc(-c4nc(-c5ccccn5)nc(-c5ccccn5)n4)ccc2-3)nc(-c2ccccn2)n1. The van der Waals surface area contributed by atoms with Crippen molar-refractivity contribution in [3.8, 4) is 68.5 Å². The molecule has 0 radical (unpaired) electrons. The zero-order chi connectivity index (χ0) is 44.2. The van der Waals surface area contributed by atoms with Crippen LogP contribution in [-0.2, 0) is 5.41 Å². The summed E-state index contributed by atoms with van der Waals surface area (Å²) < 4.78 is 0. The lowest BCUT2D eigenvalue weighted by Gasteiger charge is -2.34. The molecular weight excluding hydrogens is 799 g/mol. The molecule has 0 amide bonds. The molecule has 0 N–H and O–H groups in total. The Balaban J connectivity index is 1.18. The highest BCUT2D eigenvalue weighted by Gasteiger charge is 2.46. The van der Waals surface area contributed by atoms with Gasteiger partial charge in [-0.1, -0.05) is 140 Å². The van der Waals surface area contributed by atoms with E-state index in [4.69, 9.17) is 29.9 Å². The summed E-state index contributed by atoms with van der Waals surface area (Å²) in [4.78, 5) is 44.0. The quantitative estimate of drug-likeness (QED) is 0.117. The fourth-order valence-corrected chi connectivity index (χ4v) is 8.39. The molecule has 5 aromatic heterocycles. The maximum atomic E-state index is 5.15. The molecule has 0 saturated carbocycles. The Morgan fingerprint density at radius 1 is 0.446 bits per heavy atom. The molecule has 0 spiro atoms. The van der Waals surface area contributed by atoms with Crippen LogP contribution in [0.25, 0.3) is 74.0 Å². The average molecular weight is 842 g/mol. The standard InChI is InChI=1S/C56H43N9/c1-4-37(2)19-11-12-20-38(3)50-60-51(62-53(61-50)47-25-13-16-32-57-47)39-28-30-43-44-31-29-40(52-63-54(48-26-14-17-33-58-48)65-55(64-52)49-27-15-18-34-59-49)36-46(44)56(45(43)35-39,41-21-7-5-8-22-41)42-23-9-6-10-24-42/h5-36H,4H2,1-3H3. The van der Waals surface area contributed by atoms with E-state index in [-0.39, 0.29) is 0 Å². The summed E-state index contributed by atoms with van der Waals surface area (Å²) in [6, 6.07) is 51.7. The van der Waals surface area contributed by atoms with Gasteiger partial charge in [0.15, 0.2) is 34.9 Å². The summed E-state index contributed by atoms with van der Waals surface area (Å²) in [5.41, 5.74) is 11.8. The van der Waals surface area contributed by atoms with Crippen molar-refractivity contribution in [1.82, 2.24) is 44.9 Å². The van der Waals surface area contributed by atoms with E-state index in [9.17, 15) is 0 Å². The molecule has 0 saturated heterocycles. The molecule has 0 aliphatic heterocycles. The van der Waals surface area contributed by atoms with E-state index in [1.54, 1.807) is 18.6 Å². The second-order valence-electron chi connectivity index (χ2n) is 15.9. The molecule has 9 heteroatoms. The summed E-state index contributed by atoms with van der Waals surface area (Å²) >= 11 is 0. The number of hydrogen-bond acceptors (Lipinski definition) is 9. The van der Waals surface area contributed by atoms with Gasteiger partial charge < -0.3 is 0 Å². The fraction of sp³-hybridized carbons (Fsp3) is 0.0893. The highest BCUT2D eigenvalue weighted by Crippen LogP contribution is 2.57. The van der Waals surface area contributed by atoms with E-state index in [0.717, 1.165) is 56.5 Å². The summed E-state index contributed by atoms with van der Waals surface area (Å²) in [6.07, 6.45) is 14.5. The van der Waals surface area contributed by atoms with E-state index >= 15 is 0 Å². The lowest BCUT2D eigenvalue weighted by molar-refractivity contribution is 0.768. The topological polar surface area (TPSA) is 116 Å². The molecule has 0 fully saturated rings. The van der Waals surface area contributed by atoms with Gasteiger partial charge in [-0.3, -0.25) is 15.0 Å². The first-order valence-electron chi connectivity index (χ1n) is 21.7. The highest BCUT2D eigenvalue weighted by atomic mass is 15.1. The van der Waals surface area contributed by atoms with Gasteiger partial charge in [0, 0.05) is 29.7 Å². The van der Waals surface area contributed by atoms with E-state index in [1.165, 1.54) is 5.57 Å². The lowest BCUT2D eigenvalue weighted by atomic mass is 9.67. The molecule has 0 atom stereocenters. The maximum absolute atomic E-state index is 5.15. The van der Waals surface area contributed by atoms with Gasteiger partial charge in [0.1, 0.15) is 17.1 Å². The first kappa shape index (κ1) is 40.6. The Morgan fingerprint density at radius 2 is 0.862 bits per heavy atom. The number of pyridine rings is 3. The molecule has 9 nitrogen and oxygen atoms in total. The minimum atomic E-state index is -0.760. The van der Waals surface area contributed by atoms with Gasteiger partial charge >= 0.3 is 0 Å². The monoisotopic (exact) mass is 841 g/mol. The fourth-order valence-electron chi connectivity index (χ4n) is 8.39. The minimum absolute atomic E-state index is 0.466. The Hall–Kier alpha value is -8.43. The second kappa shape index (κ2) is 17.7. The number of fused-ring (bicyclic) bond motifs is 3. The highest BCUT2D eigenvalue weighted by molar-refractivity contribution is 5.89. The van der Waals surface area contributed by atoms with Crippen LogP contribution in [0.3, 0.4) is 0 Å². The number of allylic oxidation sites excluding steroid dienone is 6. The van der Waals surface area contributed by atoms with Crippen molar-refractivity contribution in [3.05, 3.63) is 228 Å². The Morgan fingerprint density at radius 3 is 1.32 bits per heavy atom. The van der Waals surface area contributed by atoms with Crippen LogP contribution in [0, 0.1) is 0 Å². The summed E-state index contributed by atoms with van der Waals surface area (Å²) in [5.74, 6) is 3.09. The summed E-state index contributed by atoms with van der Waals surface area (Å²) in [5, 5.41) is 0. The van der Waals surface area contributed by atoms with Crippen LogP contribution >= 0.6 is 0 Å². The van der Waals surface area contributed by atoms with Gasteiger partial charge in [-0.05, 0) is 108 Å². The Labute approximate surface area is 378 Å². The first-order chi connectivity index (χ1) is 32.0. The maximum Gasteiger partial charge on any atom is 0.182 e. The van der Waals surface area contributed by atoms with Crippen molar-refractivity contribution in [2.75, 3.05) is 0 Å². The van der Waals surface area contributed by atoms with Crippen molar-refractivity contribution >= 4 is 5.57 Å². The smallest absolute Gasteiger partial charge is 0.182 e. The van der Waals surface area contributed by atoms with Crippen LogP contribution < -0.4 is 0 Å². The third-order valence-corrected chi connectivity index (χ3v) is 11.8. The molecule has 1 aliphatic rings. The van der Waals surface area contributed by atoms with Gasteiger partial charge in [-0.25, -0.2) is 29.9 Å². The molecular formula is C56H43N9. The van der Waals surface area contributed by atoms with Crippen LogP contribution in [0.2, 0.25) is 0 Å². The molecule has 312 valence electrons. The van der Waals surface area contributed by atoms with Gasteiger partial charge in [-0.2, -0.15) is 0 Å². The number of hydrogen-bond donors (Lipinski definition) is 0. The molecule has 4 aromatic carbocycles. The van der Waals surface area contributed by atoms with E-state index in [2.05, 4.69) is 138 Å². The van der Waals surface area contributed by atoms with Gasteiger partial charge in [0.05, 0.1) is 5.41 Å². The predicted octanol–water partition coefficient (Wildman–Crippen LogP) is 12.3. The number of benzene rings is 4. The van der Waals surface area contributed by atoms with Crippen LogP contribution in [0.4, 0.5) is 0 Å². The van der Waals surface area contributed by atoms with Crippen molar-refractivity contribution in [1.29, 1.82) is 0 Å². The van der Waals surface area contributed by atoms with E-state index in [1.807, 2.05) is 73.7 Å². The molecule has 10 rings (SSSR count). The number of aromatic nitrogens is 9. The van der Waals surface area contributed by atoms with Crippen LogP contribution in [0.15, 0.2) is 200 Å². The number of rotatable bonds is 11. The summed E-state index contributed by atoms with van der Waals surface area (Å²) in [6.45, 7) is 6.31. The van der Waals surface area contributed by atoms with Crippen LogP contribution in [-0.4, -0.2) is 44.9 Å². The predicted molar refractivity (Wildman–Crippen MR) is 258 cm³/mol. The normalized spacial score (nSPS) is 13.2. The molecule has 0 bridgehead atoms. The molecule has 0 unspecified atom stereocenters. The molecule has 1 aliphatic carbocycles. The van der Waals surface area contributed by atoms with Gasteiger partial charge in [0.25, 0.3) is 0 Å². The minimum Gasteiger partial charge on any atom is -0.253 e. The molecule has 5 heterocycles. The number of nitrogens with zero attached hydrogens (tertiary/aromatic N) is 9. The van der Waals surface area contributed by atoms with Crippen molar-refractivity contribution in [2.24, 2.45) is 0 Å². The Kier molecular flexibility index (Phi) is 11.1. The Bertz CT molecular complexity index is 3150. The third kappa shape index (κ3) is 7.85. The molecule has 65 heavy (non-hydrogen) atoms. The zero-order valence-electron chi connectivity index (χ0n) is 36.2. The average Bonchev–Trinajstić information content (AvgIpc) is 3.68. The van der Waals surface area contributed by atoms with E-state index < -0.39 is 5.41 Å². The van der Waals surface area contributed by atoms with Gasteiger partial charge in [-0.15, -0.1) is 0 Å². The van der Waals surface area contributed by atoms with Gasteiger partial charge in [0.2, 0.25) is 0 Å². The first-order valence-corrected chi connectivity index (χ1v) is 21.7. The van der Waals surface area contributed by atoms with Crippen molar-refractivity contribution in [2.45, 2.75) is 32.6 Å². The zero-order valence-corrected chi connectivity index (χ0v) is 36.2. The largest absolute Gasteiger partial charge is 0.253 e. The third-order valence-electron chi connectivity index (χ3n) is 11.8.